The second kappa shape index (κ2) is 7.08. The third kappa shape index (κ3) is 3.51. The van der Waals surface area contributed by atoms with Crippen molar-refractivity contribution in [1.29, 1.82) is 0 Å². The molecule has 28 heavy (non-hydrogen) atoms. The summed E-state index contributed by atoms with van der Waals surface area (Å²) in [5, 5.41) is 0. The number of hydrogen-bond acceptors (Lipinski definition) is 3. The van der Waals surface area contributed by atoms with Crippen molar-refractivity contribution in [3.8, 4) is 0 Å². The molecule has 2 heterocycles. The molecule has 1 atom stereocenters. The standard InChI is InChI=1S/C20H21F3N2O2S/c21-20(22,23)16-7-9-18(10-8-16)28(26,27)24-12-3-5-17(14-24)25-13-11-15-4-1-2-6-19(15)25/h1-2,4,6-10,17H,3,5,11-14H2. The number of para-hydroxylation sites is 1. The van der Waals surface area contributed by atoms with E-state index in [-0.39, 0.29) is 10.9 Å². The first kappa shape index (κ1) is 19.3. The van der Waals surface area contributed by atoms with Crippen molar-refractivity contribution in [3.05, 3.63) is 59.7 Å². The fraction of sp³-hybridized carbons (Fsp3) is 0.400. The second-order valence-electron chi connectivity index (χ2n) is 7.25. The Morgan fingerprint density at radius 3 is 2.39 bits per heavy atom. The smallest absolute Gasteiger partial charge is 0.367 e. The molecule has 4 nitrogen and oxygen atoms in total. The molecule has 8 heteroatoms. The van der Waals surface area contributed by atoms with Crippen LogP contribution in [0.1, 0.15) is 24.0 Å². The average Bonchev–Trinajstić information content (AvgIpc) is 3.12. The fourth-order valence-electron chi connectivity index (χ4n) is 4.10. The van der Waals surface area contributed by atoms with E-state index < -0.39 is 21.8 Å². The van der Waals surface area contributed by atoms with Crippen molar-refractivity contribution in [2.24, 2.45) is 0 Å². The Morgan fingerprint density at radius 2 is 1.68 bits per heavy atom. The Balaban J connectivity index is 1.54. The average molecular weight is 410 g/mol. The molecule has 1 saturated heterocycles. The largest absolute Gasteiger partial charge is 0.416 e. The second-order valence-corrected chi connectivity index (χ2v) is 9.19. The van der Waals surface area contributed by atoms with Crippen molar-refractivity contribution in [3.63, 3.8) is 0 Å². The minimum Gasteiger partial charge on any atom is -0.367 e. The SMILES string of the molecule is O=S(=O)(c1ccc(C(F)(F)F)cc1)N1CCCC(N2CCc3ccccc32)C1. The van der Waals surface area contributed by atoms with Crippen molar-refractivity contribution in [2.75, 3.05) is 24.5 Å². The molecule has 150 valence electrons. The number of hydrogen-bond donors (Lipinski definition) is 0. The Kier molecular flexibility index (Phi) is 4.87. The van der Waals surface area contributed by atoms with E-state index in [2.05, 4.69) is 17.0 Å². The zero-order chi connectivity index (χ0) is 19.9. The number of alkyl halides is 3. The van der Waals surface area contributed by atoms with E-state index in [1.54, 1.807) is 0 Å². The number of nitrogens with zero attached hydrogens (tertiary/aromatic N) is 2. The summed E-state index contributed by atoms with van der Waals surface area (Å²) in [4.78, 5) is 2.17. The van der Waals surface area contributed by atoms with Gasteiger partial charge in [0.1, 0.15) is 0 Å². The van der Waals surface area contributed by atoms with Crippen LogP contribution in [0.2, 0.25) is 0 Å². The van der Waals surface area contributed by atoms with Crippen LogP contribution >= 0.6 is 0 Å². The molecule has 4 rings (SSSR count). The van der Waals surface area contributed by atoms with E-state index in [1.165, 1.54) is 9.87 Å². The van der Waals surface area contributed by atoms with E-state index in [9.17, 15) is 21.6 Å². The molecule has 2 aromatic carbocycles. The number of anilines is 1. The lowest BCUT2D eigenvalue weighted by Gasteiger charge is -2.38. The van der Waals surface area contributed by atoms with Crippen molar-refractivity contribution in [1.82, 2.24) is 4.31 Å². The molecule has 0 N–H and O–H groups in total. The number of halogens is 3. The molecule has 2 aromatic rings. The summed E-state index contributed by atoms with van der Waals surface area (Å²) in [6.07, 6.45) is -1.92. The molecule has 1 fully saturated rings. The Labute approximate surface area is 162 Å². The molecule has 0 saturated carbocycles. The minimum atomic E-state index is -4.48. The summed E-state index contributed by atoms with van der Waals surface area (Å²) >= 11 is 0. The minimum absolute atomic E-state index is 0.0709. The Hall–Kier alpha value is -2.06. The first-order valence-corrected chi connectivity index (χ1v) is 10.7. The maximum absolute atomic E-state index is 13.0. The van der Waals surface area contributed by atoms with Gasteiger partial charge in [-0.15, -0.1) is 0 Å². The van der Waals surface area contributed by atoms with E-state index in [0.717, 1.165) is 55.8 Å². The lowest BCUT2D eigenvalue weighted by molar-refractivity contribution is -0.137. The molecule has 2 aliphatic heterocycles. The van der Waals surface area contributed by atoms with Crippen LogP contribution in [0.25, 0.3) is 0 Å². The quantitative estimate of drug-likeness (QED) is 0.770. The van der Waals surface area contributed by atoms with Crippen molar-refractivity contribution >= 4 is 15.7 Å². The zero-order valence-electron chi connectivity index (χ0n) is 15.2. The summed E-state index contributed by atoms with van der Waals surface area (Å²) in [5.74, 6) is 0. The molecule has 0 bridgehead atoms. The van der Waals surface area contributed by atoms with Gasteiger partial charge in [-0.2, -0.15) is 17.5 Å². The highest BCUT2D eigenvalue weighted by atomic mass is 32.2. The zero-order valence-corrected chi connectivity index (χ0v) is 16.0. The lowest BCUT2D eigenvalue weighted by atomic mass is 10.1. The topological polar surface area (TPSA) is 40.6 Å². The fourth-order valence-corrected chi connectivity index (χ4v) is 5.62. The summed E-state index contributed by atoms with van der Waals surface area (Å²) in [6.45, 7) is 1.59. The molecule has 0 aromatic heterocycles. The Morgan fingerprint density at radius 1 is 0.964 bits per heavy atom. The summed E-state index contributed by atoms with van der Waals surface area (Å²) in [6, 6.07) is 12.0. The molecule has 0 spiro atoms. The molecule has 2 aliphatic rings. The van der Waals surface area contributed by atoms with Gasteiger partial charge >= 0.3 is 6.18 Å². The molecular weight excluding hydrogens is 389 g/mol. The van der Waals surface area contributed by atoms with E-state index in [4.69, 9.17) is 0 Å². The van der Waals surface area contributed by atoms with Gasteiger partial charge in [-0.3, -0.25) is 0 Å². The number of fused-ring (bicyclic) bond motifs is 1. The van der Waals surface area contributed by atoms with Gasteiger partial charge < -0.3 is 4.90 Å². The van der Waals surface area contributed by atoms with Gasteiger partial charge in [0.2, 0.25) is 10.0 Å². The van der Waals surface area contributed by atoms with Gasteiger partial charge in [0.25, 0.3) is 0 Å². The third-order valence-electron chi connectivity index (χ3n) is 5.54. The van der Waals surface area contributed by atoms with Crippen LogP contribution in [0.4, 0.5) is 18.9 Å². The predicted octanol–water partition coefficient (Wildman–Crippen LogP) is 3.92. The van der Waals surface area contributed by atoms with Gasteiger partial charge in [-0.1, -0.05) is 18.2 Å². The first-order chi connectivity index (χ1) is 13.3. The summed E-state index contributed by atoms with van der Waals surface area (Å²) in [7, 11) is -3.82. The lowest BCUT2D eigenvalue weighted by Crippen LogP contribution is -2.49. The number of rotatable bonds is 3. The molecule has 0 amide bonds. The highest BCUT2D eigenvalue weighted by Gasteiger charge is 2.36. The van der Waals surface area contributed by atoms with Crippen LogP contribution in [-0.4, -0.2) is 38.4 Å². The van der Waals surface area contributed by atoms with Crippen LogP contribution < -0.4 is 4.90 Å². The molecule has 0 aliphatic carbocycles. The van der Waals surface area contributed by atoms with E-state index in [0.29, 0.717) is 13.1 Å². The third-order valence-corrected chi connectivity index (χ3v) is 7.42. The van der Waals surface area contributed by atoms with Crippen LogP contribution in [0.5, 0.6) is 0 Å². The number of sulfonamides is 1. The maximum Gasteiger partial charge on any atom is 0.416 e. The van der Waals surface area contributed by atoms with E-state index in [1.807, 2.05) is 12.1 Å². The first-order valence-electron chi connectivity index (χ1n) is 9.29. The van der Waals surface area contributed by atoms with Gasteiger partial charge in [0.05, 0.1) is 10.5 Å². The van der Waals surface area contributed by atoms with Gasteiger partial charge in [-0.25, -0.2) is 8.42 Å². The van der Waals surface area contributed by atoms with Gasteiger partial charge in [0.15, 0.2) is 0 Å². The van der Waals surface area contributed by atoms with Crippen LogP contribution in [0.15, 0.2) is 53.4 Å². The van der Waals surface area contributed by atoms with Gasteiger partial charge in [0, 0.05) is 31.4 Å². The van der Waals surface area contributed by atoms with E-state index >= 15 is 0 Å². The predicted molar refractivity (Wildman–Crippen MR) is 101 cm³/mol. The summed E-state index contributed by atoms with van der Waals surface area (Å²) < 4.78 is 65.6. The maximum atomic E-state index is 13.0. The van der Waals surface area contributed by atoms with Crippen molar-refractivity contribution < 1.29 is 21.6 Å². The molecule has 0 radical (unpaired) electrons. The van der Waals surface area contributed by atoms with Crippen LogP contribution in [0, 0.1) is 0 Å². The molecule has 1 unspecified atom stereocenters. The van der Waals surface area contributed by atoms with Gasteiger partial charge in [-0.05, 0) is 55.2 Å². The normalized spacial score (nSPS) is 21.0. The molecular formula is C20H21F3N2O2S. The Bertz CT molecular complexity index is 958. The van der Waals surface area contributed by atoms with Crippen LogP contribution in [-0.2, 0) is 22.6 Å². The summed E-state index contributed by atoms with van der Waals surface area (Å²) in [5.41, 5.74) is 1.57. The monoisotopic (exact) mass is 410 g/mol. The highest BCUT2D eigenvalue weighted by molar-refractivity contribution is 7.89. The number of benzene rings is 2. The highest BCUT2D eigenvalue weighted by Crippen LogP contribution is 2.34. The van der Waals surface area contributed by atoms with Crippen molar-refractivity contribution in [2.45, 2.75) is 36.4 Å². The van der Waals surface area contributed by atoms with Crippen LogP contribution in [0.3, 0.4) is 0 Å². The number of piperidine rings is 1.